The number of esters is 1. The van der Waals surface area contributed by atoms with Crippen molar-refractivity contribution in [1.29, 1.82) is 0 Å². The average Bonchev–Trinajstić information content (AvgIpc) is 2.77. The molecular formula is C13H21NO2. The van der Waals surface area contributed by atoms with E-state index in [2.05, 4.69) is 4.90 Å². The van der Waals surface area contributed by atoms with Gasteiger partial charge in [0, 0.05) is 6.04 Å². The molecule has 0 amide bonds. The molecule has 2 bridgehead atoms. The van der Waals surface area contributed by atoms with Gasteiger partial charge in [-0.3, -0.25) is 9.69 Å². The quantitative estimate of drug-likeness (QED) is 0.667. The van der Waals surface area contributed by atoms with Gasteiger partial charge in [0.05, 0.1) is 12.5 Å². The second kappa shape index (κ2) is 4.02. The predicted octanol–water partition coefficient (Wildman–Crippen LogP) is 1.67. The standard InChI is InChI=1S/C13H21NO2/c1-2-16-13(15)11-4-3-10-9-5-7-14(8-6-9)12(10)11/h9-12H,2-8H2,1H3. The Labute approximate surface area is 97.1 Å². The lowest BCUT2D eigenvalue weighted by Crippen LogP contribution is -2.55. The van der Waals surface area contributed by atoms with Crippen LogP contribution in [0.5, 0.6) is 0 Å². The highest BCUT2D eigenvalue weighted by molar-refractivity contribution is 5.74. The van der Waals surface area contributed by atoms with Gasteiger partial charge in [-0.25, -0.2) is 0 Å². The molecule has 3 saturated heterocycles. The highest BCUT2D eigenvalue weighted by atomic mass is 16.5. The molecule has 90 valence electrons. The Hall–Kier alpha value is -0.570. The van der Waals surface area contributed by atoms with Crippen molar-refractivity contribution in [3.8, 4) is 0 Å². The topological polar surface area (TPSA) is 29.5 Å². The van der Waals surface area contributed by atoms with E-state index in [1.165, 1.54) is 32.4 Å². The fraction of sp³-hybridized carbons (Fsp3) is 0.923. The van der Waals surface area contributed by atoms with Crippen LogP contribution in [0.15, 0.2) is 0 Å². The van der Waals surface area contributed by atoms with Crippen molar-refractivity contribution in [2.24, 2.45) is 17.8 Å². The number of ether oxygens (including phenoxy) is 1. The molecular weight excluding hydrogens is 202 g/mol. The summed E-state index contributed by atoms with van der Waals surface area (Å²) < 4.78 is 5.22. The minimum Gasteiger partial charge on any atom is -0.466 e. The van der Waals surface area contributed by atoms with Crippen LogP contribution in [-0.4, -0.2) is 36.6 Å². The molecule has 16 heavy (non-hydrogen) atoms. The maximum atomic E-state index is 11.9. The second-order valence-electron chi connectivity index (χ2n) is 5.46. The van der Waals surface area contributed by atoms with E-state index in [1.54, 1.807) is 0 Å². The number of piperidine rings is 3. The summed E-state index contributed by atoms with van der Waals surface area (Å²) >= 11 is 0. The third-order valence-electron chi connectivity index (χ3n) is 4.85. The van der Waals surface area contributed by atoms with E-state index in [9.17, 15) is 4.79 Å². The molecule has 0 N–H and O–H groups in total. The van der Waals surface area contributed by atoms with Crippen molar-refractivity contribution in [3.05, 3.63) is 0 Å². The van der Waals surface area contributed by atoms with Crippen molar-refractivity contribution in [1.82, 2.24) is 4.90 Å². The molecule has 4 aliphatic rings. The molecule has 0 radical (unpaired) electrons. The van der Waals surface area contributed by atoms with Gasteiger partial charge in [-0.15, -0.1) is 0 Å². The first-order chi connectivity index (χ1) is 7.81. The normalized spacial score (nSPS) is 45.4. The Morgan fingerprint density at radius 3 is 2.69 bits per heavy atom. The van der Waals surface area contributed by atoms with Crippen LogP contribution in [0.1, 0.15) is 32.6 Å². The first kappa shape index (κ1) is 10.6. The van der Waals surface area contributed by atoms with Crippen molar-refractivity contribution >= 4 is 5.97 Å². The Balaban J connectivity index is 1.76. The zero-order chi connectivity index (χ0) is 11.1. The van der Waals surface area contributed by atoms with Crippen molar-refractivity contribution in [2.45, 2.75) is 38.6 Å². The van der Waals surface area contributed by atoms with E-state index in [1.807, 2.05) is 6.92 Å². The molecule has 3 heterocycles. The number of hydrogen-bond acceptors (Lipinski definition) is 3. The molecule has 4 rings (SSSR count). The molecule has 3 atom stereocenters. The summed E-state index contributed by atoms with van der Waals surface area (Å²) in [6.07, 6.45) is 5.02. The van der Waals surface area contributed by atoms with Gasteiger partial charge in [0.15, 0.2) is 0 Å². The number of rotatable bonds is 2. The van der Waals surface area contributed by atoms with Gasteiger partial charge in [-0.05, 0) is 57.5 Å². The summed E-state index contributed by atoms with van der Waals surface area (Å²) in [6, 6.07) is 0.520. The molecule has 3 heteroatoms. The number of fused-ring (bicyclic) bond motifs is 2. The van der Waals surface area contributed by atoms with Gasteiger partial charge in [-0.2, -0.15) is 0 Å². The van der Waals surface area contributed by atoms with Crippen LogP contribution < -0.4 is 0 Å². The smallest absolute Gasteiger partial charge is 0.310 e. The van der Waals surface area contributed by atoms with E-state index in [0.29, 0.717) is 12.6 Å². The summed E-state index contributed by atoms with van der Waals surface area (Å²) in [5.41, 5.74) is 0. The first-order valence-electron chi connectivity index (χ1n) is 6.72. The third-order valence-corrected chi connectivity index (χ3v) is 4.85. The van der Waals surface area contributed by atoms with Crippen LogP contribution in [0.4, 0.5) is 0 Å². The van der Waals surface area contributed by atoms with Gasteiger partial charge in [-0.1, -0.05) is 0 Å². The fourth-order valence-corrected chi connectivity index (χ4v) is 4.20. The number of nitrogens with zero attached hydrogens (tertiary/aromatic N) is 1. The minimum absolute atomic E-state index is 0.0579. The van der Waals surface area contributed by atoms with Crippen molar-refractivity contribution in [3.63, 3.8) is 0 Å². The summed E-state index contributed by atoms with van der Waals surface area (Å²) in [5.74, 6) is 1.92. The maximum Gasteiger partial charge on any atom is 0.310 e. The van der Waals surface area contributed by atoms with E-state index in [0.717, 1.165) is 18.3 Å². The van der Waals surface area contributed by atoms with Crippen LogP contribution >= 0.6 is 0 Å². The molecule has 3 unspecified atom stereocenters. The zero-order valence-electron chi connectivity index (χ0n) is 10.0. The Morgan fingerprint density at radius 2 is 2.00 bits per heavy atom. The van der Waals surface area contributed by atoms with Gasteiger partial charge in [0.2, 0.25) is 0 Å². The van der Waals surface area contributed by atoms with Crippen LogP contribution in [0.3, 0.4) is 0 Å². The van der Waals surface area contributed by atoms with Crippen LogP contribution in [0.2, 0.25) is 0 Å². The Kier molecular flexibility index (Phi) is 2.66. The van der Waals surface area contributed by atoms with Gasteiger partial charge >= 0.3 is 5.97 Å². The van der Waals surface area contributed by atoms with Crippen molar-refractivity contribution in [2.75, 3.05) is 19.7 Å². The lowest BCUT2D eigenvalue weighted by molar-refractivity contribution is -0.152. The first-order valence-corrected chi connectivity index (χ1v) is 6.72. The number of hydrogen-bond donors (Lipinski definition) is 0. The number of carbonyl (C=O) groups is 1. The van der Waals surface area contributed by atoms with Crippen LogP contribution in [-0.2, 0) is 9.53 Å². The van der Waals surface area contributed by atoms with Crippen LogP contribution in [0.25, 0.3) is 0 Å². The summed E-state index contributed by atoms with van der Waals surface area (Å²) in [6.45, 7) is 4.84. The molecule has 0 aromatic heterocycles. The lowest BCUT2D eigenvalue weighted by Gasteiger charge is -2.49. The molecule has 4 fully saturated rings. The minimum atomic E-state index is 0.0579. The highest BCUT2D eigenvalue weighted by Gasteiger charge is 2.51. The van der Waals surface area contributed by atoms with E-state index < -0.39 is 0 Å². The van der Waals surface area contributed by atoms with E-state index >= 15 is 0 Å². The summed E-state index contributed by atoms with van der Waals surface area (Å²) in [4.78, 5) is 14.5. The van der Waals surface area contributed by atoms with E-state index in [-0.39, 0.29) is 11.9 Å². The SMILES string of the molecule is CCOC(=O)C1CCC2C3CCN(CC3)C12. The van der Waals surface area contributed by atoms with E-state index in [4.69, 9.17) is 4.74 Å². The van der Waals surface area contributed by atoms with Gasteiger partial charge in [0.1, 0.15) is 0 Å². The average molecular weight is 223 g/mol. The van der Waals surface area contributed by atoms with Crippen molar-refractivity contribution < 1.29 is 9.53 Å². The molecule has 0 aromatic carbocycles. The molecule has 0 spiro atoms. The highest BCUT2D eigenvalue weighted by Crippen LogP contribution is 2.48. The zero-order valence-corrected chi connectivity index (χ0v) is 10.0. The molecule has 0 aromatic rings. The molecule has 1 aliphatic carbocycles. The lowest BCUT2D eigenvalue weighted by atomic mass is 9.74. The monoisotopic (exact) mass is 223 g/mol. The Morgan fingerprint density at radius 1 is 1.25 bits per heavy atom. The summed E-state index contributed by atoms with van der Waals surface area (Å²) in [5, 5.41) is 0. The molecule has 3 aliphatic heterocycles. The molecule has 1 saturated carbocycles. The number of carbonyl (C=O) groups excluding carboxylic acids is 1. The fourth-order valence-electron chi connectivity index (χ4n) is 4.20. The Bertz CT molecular complexity index is 284. The third kappa shape index (κ3) is 1.48. The predicted molar refractivity (Wildman–Crippen MR) is 60.9 cm³/mol. The van der Waals surface area contributed by atoms with Gasteiger partial charge in [0.25, 0.3) is 0 Å². The largest absolute Gasteiger partial charge is 0.466 e. The molecule has 3 nitrogen and oxygen atoms in total. The van der Waals surface area contributed by atoms with Gasteiger partial charge < -0.3 is 4.74 Å². The van der Waals surface area contributed by atoms with Crippen LogP contribution in [0, 0.1) is 17.8 Å². The maximum absolute atomic E-state index is 11.9. The second-order valence-corrected chi connectivity index (χ2v) is 5.46. The summed E-state index contributed by atoms with van der Waals surface area (Å²) in [7, 11) is 0.